The van der Waals surface area contributed by atoms with Gasteiger partial charge < -0.3 is 28.6 Å². The van der Waals surface area contributed by atoms with Crippen LogP contribution in [0.3, 0.4) is 0 Å². The third-order valence-corrected chi connectivity index (χ3v) is 7.60. The highest BCUT2D eigenvalue weighted by Crippen LogP contribution is 2.43. The van der Waals surface area contributed by atoms with Gasteiger partial charge in [0.15, 0.2) is 23.0 Å². The normalized spacial score (nSPS) is 14.1. The monoisotopic (exact) mass is 567 g/mol. The summed E-state index contributed by atoms with van der Waals surface area (Å²) in [5.41, 5.74) is 5.28. The van der Waals surface area contributed by atoms with Crippen molar-refractivity contribution in [3.05, 3.63) is 113 Å². The zero-order valence-corrected chi connectivity index (χ0v) is 24.6. The minimum Gasteiger partial charge on any atom is -0.493 e. The molecule has 0 unspecified atom stereocenters. The van der Waals surface area contributed by atoms with E-state index in [-0.39, 0.29) is 11.9 Å². The van der Waals surface area contributed by atoms with Gasteiger partial charge in [0.25, 0.3) is 0 Å². The summed E-state index contributed by atoms with van der Waals surface area (Å²) in [7, 11) is 4.79. The van der Waals surface area contributed by atoms with Gasteiger partial charge in [-0.15, -0.1) is 0 Å². The SMILES string of the molecule is COc1cc(C[C@H]2c3cc(OCc4ccccc4)c(OCc4ccccc4)cc3CCN2C(C)=O)cc(OC)c1OC. The van der Waals surface area contributed by atoms with E-state index >= 15 is 0 Å². The molecule has 0 N–H and O–H groups in total. The Balaban J connectivity index is 1.53. The van der Waals surface area contributed by atoms with E-state index in [1.54, 1.807) is 28.3 Å². The number of hydrogen-bond donors (Lipinski definition) is 0. The molecule has 1 atom stereocenters. The Kier molecular flexibility index (Phi) is 9.17. The van der Waals surface area contributed by atoms with E-state index in [0.29, 0.717) is 54.9 Å². The van der Waals surface area contributed by atoms with Crippen LogP contribution in [0, 0.1) is 0 Å². The molecule has 0 saturated heterocycles. The third-order valence-electron chi connectivity index (χ3n) is 7.60. The molecule has 1 aliphatic rings. The molecule has 7 heteroatoms. The van der Waals surface area contributed by atoms with E-state index in [0.717, 1.165) is 34.2 Å². The lowest BCUT2D eigenvalue weighted by Gasteiger charge is -2.37. The van der Waals surface area contributed by atoms with E-state index in [1.807, 2.05) is 77.7 Å². The van der Waals surface area contributed by atoms with Gasteiger partial charge in [0.1, 0.15) is 13.2 Å². The average molecular weight is 568 g/mol. The summed E-state index contributed by atoms with van der Waals surface area (Å²) in [6.45, 7) is 3.06. The molecule has 1 amide bonds. The minimum absolute atomic E-state index is 0.0225. The summed E-state index contributed by atoms with van der Waals surface area (Å²) in [5, 5.41) is 0. The van der Waals surface area contributed by atoms with Crippen molar-refractivity contribution in [1.29, 1.82) is 0 Å². The lowest BCUT2D eigenvalue weighted by molar-refractivity contribution is -0.131. The maximum atomic E-state index is 12.9. The van der Waals surface area contributed by atoms with Crippen molar-refractivity contribution in [2.45, 2.75) is 39.0 Å². The van der Waals surface area contributed by atoms with Crippen LogP contribution in [0.25, 0.3) is 0 Å². The first-order valence-electron chi connectivity index (χ1n) is 14.1. The van der Waals surface area contributed by atoms with Gasteiger partial charge in [0.05, 0.1) is 27.4 Å². The summed E-state index contributed by atoms with van der Waals surface area (Å²) in [4.78, 5) is 14.8. The van der Waals surface area contributed by atoms with Gasteiger partial charge in [-0.05, 0) is 64.9 Å². The highest BCUT2D eigenvalue weighted by molar-refractivity contribution is 5.74. The van der Waals surface area contributed by atoms with Crippen LogP contribution >= 0.6 is 0 Å². The number of ether oxygens (including phenoxy) is 5. The Bertz CT molecular complexity index is 1480. The van der Waals surface area contributed by atoms with Gasteiger partial charge in [-0.2, -0.15) is 0 Å². The first kappa shape index (κ1) is 28.9. The van der Waals surface area contributed by atoms with E-state index in [4.69, 9.17) is 23.7 Å². The lowest BCUT2D eigenvalue weighted by Crippen LogP contribution is -2.39. The van der Waals surface area contributed by atoms with Crippen molar-refractivity contribution >= 4 is 5.91 Å². The molecule has 218 valence electrons. The molecular weight excluding hydrogens is 530 g/mol. The molecule has 0 aliphatic carbocycles. The molecule has 0 saturated carbocycles. The summed E-state index contributed by atoms with van der Waals surface area (Å²) in [5.74, 6) is 3.05. The molecule has 1 aliphatic heterocycles. The second-order valence-corrected chi connectivity index (χ2v) is 10.3. The molecule has 7 nitrogen and oxygen atoms in total. The second kappa shape index (κ2) is 13.3. The summed E-state index contributed by atoms with van der Waals surface area (Å²) >= 11 is 0. The van der Waals surface area contributed by atoms with Crippen molar-refractivity contribution < 1.29 is 28.5 Å². The van der Waals surface area contributed by atoms with Gasteiger partial charge in [-0.3, -0.25) is 4.79 Å². The van der Waals surface area contributed by atoms with Crippen molar-refractivity contribution in [3.63, 3.8) is 0 Å². The van der Waals surface area contributed by atoms with Gasteiger partial charge in [-0.1, -0.05) is 60.7 Å². The highest BCUT2D eigenvalue weighted by Gasteiger charge is 2.31. The molecule has 4 aromatic carbocycles. The largest absolute Gasteiger partial charge is 0.493 e. The number of rotatable bonds is 11. The van der Waals surface area contributed by atoms with Crippen LogP contribution in [0.5, 0.6) is 28.7 Å². The van der Waals surface area contributed by atoms with E-state index in [2.05, 4.69) is 12.1 Å². The lowest BCUT2D eigenvalue weighted by atomic mass is 9.88. The predicted octanol–water partition coefficient (Wildman–Crippen LogP) is 6.56. The average Bonchev–Trinajstić information content (AvgIpc) is 3.03. The zero-order valence-electron chi connectivity index (χ0n) is 24.6. The molecular formula is C35H37NO6. The fourth-order valence-electron chi connectivity index (χ4n) is 5.48. The number of nitrogens with zero attached hydrogens (tertiary/aromatic N) is 1. The molecule has 0 bridgehead atoms. The van der Waals surface area contributed by atoms with Crippen molar-refractivity contribution in [3.8, 4) is 28.7 Å². The molecule has 42 heavy (non-hydrogen) atoms. The summed E-state index contributed by atoms with van der Waals surface area (Å²) in [6, 6.07) is 27.9. The Morgan fingerprint density at radius 2 is 1.26 bits per heavy atom. The number of fused-ring (bicyclic) bond motifs is 1. The highest BCUT2D eigenvalue weighted by atomic mass is 16.5. The molecule has 0 spiro atoms. The smallest absolute Gasteiger partial charge is 0.219 e. The van der Waals surface area contributed by atoms with Crippen LogP contribution < -0.4 is 23.7 Å². The van der Waals surface area contributed by atoms with E-state index in [1.165, 1.54) is 0 Å². The first-order chi connectivity index (χ1) is 20.5. The molecule has 0 radical (unpaired) electrons. The number of hydrogen-bond acceptors (Lipinski definition) is 6. The van der Waals surface area contributed by atoms with Crippen LogP contribution in [0.4, 0.5) is 0 Å². The topological polar surface area (TPSA) is 66.5 Å². The van der Waals surface area contributed by atoms with Crippen LogP contribution in [0.2, 0.25) is 0 Å². The van der Waals surface area contributed by atoms with Crippen molar-refractivity contribution in [2.24, 2.45) is 0 Å². The molecule has 5 rings (SSSR count). The van der Waals surface area contributed by atoms with E-state index < -0.39 is 0 Å². The van der Waals surface area contributed by atoms with Gasteiger partial charge >= 0.3 is 0 Å². The Labute approximate surface area is 247 Å². The number of carbonyl (C=O) groups excluding carboxylic acids is 1. The van der Waals surface area contributed by atoms with E-state index in [9.17, 15) is 4.79 Å². The molecule has 0 aromatic heterocycles. The van der Waals surface area contributed by atoms with Gasteiger partial charge in [0.2, 0.25) is 11.7 Å². The van der Waals surface area contributed by atoms with Gasteiger partial charge in [-0.25, -0.2) is 0 Å². The number of amides is 1. The van der Waals surface area contributed by atoms with Crippen molar-refractivity contribution in [2.75, 3.05) is 27.9 Å². The predicted molar refractivity (Wildman–Crippen MR) is 162 cm³/mol. The van der Waals surface area contributed by atoms with Gasteiger partial charge in [0, 0.05) is 13.5 Å². The maximum absolute atomic E-state index is 12.9. The van der Waals surface area contributed by atoms with Crippen LogP contribution in [0.15, 0.2) is 84.9 Å². The maximum Gasteiger partial charge on any atom is 0.219 e. The second-order valence-electron chi connectivity index (χ2n) is 10.3. The molecule has 1 heterocycles. The molecule has 4 aromatic rings. The van der Waals surface area contributed by atoms with Crippen LogP contribution in [-0.4, -0.2) is 38.7 Å². The minimum atomic E-state index is -0.212. The Morgan fingerprint density at radius 1 is 0.714 bits per heavy atom. The quantitative estimate of drug-likeness (QED) is 0.205. The summed E-state index contributed by atoms with van der Waals surface area (Å²) < 4.78 is 29.5. The number of methoxy groups -OCH3 is 3. The Hall–Kier alpha value is -4.65. The van der Waals surface area contributed by atoms with Crippen molar-refractivity contribution in [1.82, 2.24) is 4.90 Å². The number of carbonyl (C=O) groups is 1. The summed E-state index contributed by atoms with van der Waals surface area (Å²) in [6.07, 6.45) is 1.28. The Morgan fingerprint density at radius 3 is 1.76 bits per heavy atom. The fourth-order valence-corrected chi connectivity index (χ4v) is 5.48. The zero-order chi connectivity index (χ0) is 29.5. The fraction of sp³-hybridized carbons (Fsp3) is 0.286. The third kappa shape index (κ3) is 6.46. The van der Waals surface area contributed by atoms with Crippen LogP contribution in [0.1, 0.15) is 40.8 Å². The number of benzene rings is 4. The first-order valence-corrected chi connectivity index (χ1v) is 14.1. The molecule has 0 fully saturated rings. The van der Waals surface area contributed by atoms with Crippen LogP contribution in [-0.2, 0) is 30.8 Å². The standard InChI is InChI=1S/C35H37NO6/c1-24(37)36-16-15-28-20-31(41-22-25-11-7-5-8-12-25)32(42-23-26-13-9-6-10-14-26)21-29(28)30(36)17-27-18-33(38-2)35(40-4)34(19-27)39-3/h5-14,18-21,30H,15-17,22-23H2,1-4H3/t30-/m0/s1.